The highest BCUT2D eigenvalue weighted by molar-refractivity contribution is 6.48. The number of furan rings is 1. The number of hydrogen-bond acceptors (Lipinski definition) is 7. The second-order valence-electron chi connectivity index (χ2n) is 7.95. The number of fused-ring (bicyclic) bond motifs is 1. The zero-order valence-corrected chi connectivity index (χ0v) is 20.0. The highest BCUT2D eigenvalue weighted by atomic mass is 35.5. The number of benzene rings is 1. The first-order valence-corrected chi connectivity index (χ1v) is 11.1. The molecule has 178 valence electrons. The first-order chi connectivity index (χ1) is 16.2. The van der Waals surface area contributed by atoms with Gasteiger partial charge in [-0.15, -0.1) is 0 Å². The number of amides is 4. The maximum absolute atomic E-state index is 13.4. The van der Waals surface area contributed by atoms with Crippen molar-refractivity contribution in [2.24, 2.45) is 5.10 Å². The molecule has 1 aromatic heterocycles. The van der Waals surface area contributed by atoms with Gasteiger partial charge in [0.2, 0.25) is 6.04 Å². The molecule has 10 nitrogen and oxygen atoms in total. The lowest BCUT2D eigenvalue weighted by molar-refractivity contribution is -0.427. The molecule has 0 saturated heterocycles. The molecule has 0 fully saturated rings. The van der Waals surface area contributed by atoms with Crippen LogP contribution in [0, 0.1) is 6.92 Å². The van der Waals surface area contributed by atoms with Crippen LogP contribution in [-0.2, 0) is 16.1 Å². The predicted octanol–water partition coefficient (Wildman–Crippen LogP) is 2.88. The molecule has 11 heteroatoms. The standard InChI is InChI=1S/C23H24ClN5O5/c1-5-29-21-20(14(3)26-29)27(23(32)28(22(21)31)11-15-7-6-8-34-15)12-19(30)25-17-9-13(2)16(24)10-18(17)33-4/h6-10,21H,5,11-12H2,1-4H3/p+1. The Balaban J connectivity index is 1.67. The Bertz CT molecular complexity index is 1220. The Labute approximate surface area is 201 Å². The van der Waals surface area contributed by atoms with E-state index in [1.54, 1.807) is 36.2 Å². The Morgan fingerprint density at radius 3 is 2.74 bits per heavy atom. The third kappa shape index (κ3) is 4.16. The van der Waals surface area contributed by atoms with Crippen molar-refractivity contribution in [3.63, 3.8) is 0 Å². The molecule has 2 aliphatic heterocycles. The van der Waals surface area contributed by atoms with Gasteiger partial charge in [0.05, 0.1) is 19.1 Å². The highest BCUT2D eigenvalue weighted by Crippen LogP contribution is 2.31. The molecule has 4 amide bonds. The number of urea groups is 1. The Hall–Kier alpha value is -3.66. The van der Waals surface area contributed by atoms with Gasteiger partial charge in [-0.05, 0) is 44.5 Å². The largest absolute Gasteiger partial charge is 0.501 e. The summed E-state index contributed by atoms with van der Waals surface area (Å²) in [6.07, 6.45) is 1.47. The number of rotatable bonds is 7. The van der Waals surface area contributed by atoms with Crippen LogP contribution < -0.4 is 10.1 Å². The maximum Gasteiger partial charge on any atom is 0.501 e. The predicted molar refractivity (Wildman–Crippen MR) is 125 cm³/mol. The number of carbonyl (C=O) groups is 3. The summed E-state index contributed by atoms with van der Waals surface area (Å²) in [5, 5.41) is 9.34. The first-order valence-electron chi connectivity index (χ1n) is 10.7. The second-order valence-corrected chi connectivity index (χ2v) is 8.36. The van der Waals surface area contributed by atoms with E-state index in [2.05, 4.69) is 10.4 Å². The fourth-order valence-electron chi connectivity index (χ4n) is 4.09. The fraction of sp³-hybridized carbons (Fsp3) is 0.348. The Morgan fingerprint density at radius 1 is 1.32 bits per heavy atom. The number of nitrogens with one attached hydrogen (secondary N) is 1. The number of halogens is 1. The molecule has 4 rings (SSSR count). The summed E-state index contributed by atoms with van der Waals surface area (Å²) in [5.74, 6) is -0.0281. The van der Waals surface area contributed by atoms with Crippen LogP contribution in [-0.4, -0.2) is 70.0 Å². The van der Waals surface area contributed by atoms with Crippen molar-refractivity contribution < 1.29 is 28.1 Å². The number of imide groups is 1. The molecule has 0 saturated carbocycles. The van der Waals surface area contributed by atoms with E-state index in [9.17, 15) is 14.4 Å². The molecule has 0 radical (unpaired) electrons. The van der Waals surface area contributed by atoms with E-state index >= 15 is 0 Å². The summed E-state index contributed by atoms with van der Waals surface area (Å²) in [4.78, 5) is 40.9. The van der Waals surface area contributed by atoms with Crippen LogP contribution >= 0.6 is 11.6 Å². The Kier molecular flexibility index (Phi) is 6.43. The van der Waals surface area contributed by atoms with Gasteiger partial charge in [0.15, 0.2) is 18.8 Å². The van der Waals surface area contributed by atoms with Gasteiger partial charge in [-0.3, -0.25) is 9.80 Å². The van der Waals surface area contributed by atoms with Crippen molar-refractivity contribution in [2.75, 3.05) is 25.5 Å². The van der Waals surface area contributed by atoms with Gasteiger partial charge >= 0.3 is 11.9 Å². The summed E-state index contributed by atoms with van der Waals surface area (Å²) >= 11 is 6.16. The molecular formula is C23H25ClN5O5+. The van der Waals surface area contributed by atoms with Gasteiger partial charge < -0.3 is 14.5 Å². The smallest absolute Gasteiger partial charge is 0.495 e. The monoisotopic (exact) mass is 486 g/mol. The van der Waals surface area contributed by atoms with E-state index in [0.29, 0.717) is 40.2 Å². The molecule has 34 heavy (non-hydrogen) atoms. The number of nitrogens with zero attached hydrogens (tertiary/aromatic N) is 4. The van der Waals surface area contributed by atoms with Crippen molar-refractivity contribution in [3.8, 4) is 5.75 Å². The minimum Gasteiger partial charge on any atom is -0.495 e. The molecular weight excluding hydrogens is 462 g/mol. The minimum absolute atomic E-state index is 0.0482. The van der Waals surface area contributed by atoms with Crippen molar-refractivity contribution in [3.05, 3.63) is 46.9 Å². The van der Waals surface area contributed by atoms with Gasteiger partial charge in [-0.1, -0.05) is 11.6 Å². The normalized spacial score (nSPS) is 17.8. The number of aryl methyl sites for hydroxylation is 1. The van der Waals surface area contributed by atoms with Crippen LogP contribution in [0.5, 0.6) is 5.75 Å². The average Bonchev–Trinajstić information content (AvgIpc) is 3.44. The van der Waals surface area contributed by atoms with Gasteiger partial charge in [-0.25, -0.2) is 4.79 Å². The minimum atomic E-state index is -0.794. The van der Waals surface area contributed by atoms with Crippen LogP contribution in [0.15, 0.2) is 40.0 Å². The van der Waals surface area contributed by atoms with Crippen LogP contribution in [0.2, 0.25) is 5.02 Å². The third-order valence-electron chi connectivity index (χ3n) is 5.73. The first kappa shape index (κ1) is 23.5. The van der Waals surface area contributed by atoms with E-state index in [-0.39, 0.29) is 13.1 Å². The van der Waals surface area contributed by atoms with Crippen LogP contribution in [0.3, 0.4) is 0 Å². The molecule has 3 heterocycles. The quantitative estimate of drug-likeness (QED) is 0.603. The number of methoxy groups -OCH3 is 1. The molecule has 1 atom stereocenters. The van der Waals surface area contributed by atoms with E-state index in [0.717, 1.165) is 10.5 Å². The van der Waals surface area contributed by atoms with Gasteiger partial charge in [0.1, 0.15) is 17.2 Å². The summed E-state index contributed by atoms with van der Waals surface area (Å²) in [6, 6.07) is 5.26. The zero-order valence-electron chi connectivity index (χ0n) is 19.3. The summed E-state index contributed by atoms with van der Waals surface area (Å²) < 4.78 is 12.0. The van der Waals surface area contributed by atoms with Crippen LogP contribution in [0.25, 0.3) is 0 Å². The number of carbonyl (C=O) groups excluding carboxylic acids is 3. The van der Waals surface area contributed by atoms with E-state index in [1.165, 1.54) is 17.9 Å². The third-order valence-corrected chi connectivity index (χ3v) is 6.14. The number of anilines is 1. The lowest BCUT2D eigenvalue weighted by Gasteiger charge is -2.28. The molecule has 2 aliphatic rings. The lowest BCUT2D eigenvalue weighted by Crippen LogP contribution is -2.61. The van der Waals surface area contributed by atoms with Crippen molar-refractivity contribution in [1.29, 1.82) is 0 Å². The van der Waals surface area contributed by atoms with E-state index in [4.69, 9.17) is 20.8 Å². The number of hydrogen-bond donors (Lipinski definition) is 1. The van der Waals surface area contributed by atoms with Gasteiger partial charge in [0.25, 0.3) is 5.91 Å². The molecule has 2 aromatic rings. The topological polar surface area (TPSA) is 107 Å². The molecule has 1 N–H and O–H groups in total. The highest BCUT2D eigenvalue weighted by Gasteiger charge is 2.54. The van der Waals surface area contributed by atoms with Crippen molar-refractivity contribution >= 4 is 46.6 Å². The maximum atomic E-state index is 13.4. The fourth-order valence-corrected chi connectivity index (χ4v) is 4.25. The van der Waals surface area contributed by atoms with Crippen LogP contribution in [0.1, 0.15) is 25.2 Å². The lowest BCUT2D eigenvalue weighted by atomic mass is 10.0. The molecule has 0 spiro atoms. The summed E-state index contributed by atoms with van der Waals surface area (Å²) in [6.45, 7) is 5.49. The van der Waals surface area contributed by atoms with Crippen LogP contribution in [0.4, 0.5) is 10.5 Å². The number of hydrazone groups is 1. The zero-order chi connectivity index (χ0) is 24.6. The molecule has 1 unspecified atom stereocenters. The van der Waals surface area contributed by atoms with Gasteiger partial charge in [-0.2, -0.15) is 19.4 Å². The second kappa shape index (κ2) is 9.30. The van der Waals surface area contributed by atoms with Crippen molar-refractivity contribution in [1.82, 2.24) is 9.91 Å². The number of likely N-dealkylation sites (N-methyl/N-ethyl adjacent to an activating group) is 1. The van der Waals surface area contributed by atoms with E-state index in [1.807, 2.05) is 13.8 Å². The SMILES string of the molecule is CCN1N=C(C)C2=[N+](CC(=O)Nc3cc(C)c(Cl)cc3OC)C(=O)N(Cc3ccco3)C(=O)C21. The molecule has 0 bridgehead atoms. The van der Waals surface area contributed by atoms with Crippen molar-refractivity contribution in [2.45, 2.75) is 33.4 Å². The molecule has 0 aliphatic carbocycles. The number of ether oxygens (including phenoxy) is 1. The van der Waals surface area contributed by atoms with E-state index < -0.39 is 23.9 Å². The molecule has 1 aromatic carbocycles. The average molecular weight is 487 g/mol. The summed E-state index contributed by atoms with van der Waals surface area (Å²) in [5.41, 5.74) is 2.10. The van der Waals surface area contributed by atoms with Gasteiger partial charge in [0, 0.05) is 17.6 Å². The Morgan fingerprint density at radius 2 is 2.09 bits per heavy atom. The summed E-state index contributed by atoms with van der Waals surface area (Å²) in [7, 11) is 1.47.